The molecule has 20 unspecified atom stereocenters. The summed E-state index contributed by atoms with van der Waals surface area (Å²) in [5, 5.41) is 5.30. The van der Waals surface area contributed by atoms with Gasteiger partial charge in [-0.05, 0) is 347 Å². The van der Waals surface area contributed by atoms with Crippen molar-refractivity contribution in [1.82, 2.24) is 0 Å². The first-order valence-electron chi connectivity index (χ1n) is 42.6. The largest absolute Gasteiger partial charge is 0.309 e. The Labute approximate surface area is 621 Å². The van der Waals surface area contributed by atoms with E-state index in [0.717, 1.165) is 88.8 Å². The van der Waals surface area contributed by atoms with Crippen LogP contribution in [0.3, 0.4) is 0 Å². The van der Waals surface area contributed by atoms with Crippen molar-refractivity contribution in [3.05, 3.63) is 190 Å². The Balaban J connectivity index is 0.913. The maximum absolute atomic E-state index is 2.91. The fourth-order valence-electron chi connectivity index (χ4n) is 27.1. The molecule has 538 valence electrons. The standard InChI is InChI=1S/C101H124N2/c1-58-38-88(81-32-20-28-77(58)81)59(2)62-39-63(89-46-66-49-92(89)82-33-21-29-78(66)82)42-73(41-62)103(76-56-71(100(9,10)11)53-72(57-76)101(12,13)14)97-86-27-19-18-26-85(86)96(87-37-36-61(45-95(87)97)60-24-16-15-17-25-60)102(75-54-69(98(3,4)5)52-70(55-75)99(6,7)8)74-43-64(90-47-67-50-93(90)83-34-22-30-79(67)83)40-65(44-74)91-48-68-51-94(91)84-35-23-31-80(68)84/h15-19,24-27,36-37,39-45,52-59,66-68,77-84,88-94H,20-23,28-35,38,46-51H2,1-14H3. The zero-order chi connectivity index (χ0) is 70.7. The second-order valence-corrected chi connectivity index (χ2v) is 41.5. The van der Waals surface area contributed by atoms with Crippen LogP contribution in [0.1, 0.15) is 287 Å². The minimum Gasteiger partial charge on any atom is -0.309 e. The first-order valence-corrected chi connectivity index (χ1v) is 42.6. The third-order valence-corrected chi connectivity index (χ3v) is 32.1. The van der Waals surface area contributed by atoms with Crippen molar-refractivity contribution in [3.8, 4) is 11.1 Å². The summed E-state index contributed by atoms with van der Waals surface area (Å²) in [6.45, 7) is 34.8. The Hall–Kier alpha value is -6.12. The van der Waals surface area contributed by atoms with Gasteiger partial charge in [0.1, 0.15) is 0 Å². The van der Waals surface area contributed by atoms with Crippen molar-refractivity contribution in [1.29, 1.82) is 0 Å². The third kappa shape index (κ3) is 11.3. The summed E-state index contributed by atoms with van der Waals surface area (Å²) in [5.74, 6) is 16.1. The molecule has 8 aromatic rings. The van der Waals surface area contributed by atoms with E-state index in [2.05, 4.69) is 252 Å². The lowest BCUT2D eigenvalue weighted by molar-refractivity contribution is 0.229. The highest BCUT2D eigenvalue weighted by atomic mass is 15.2. The van der Waals surface area contributed by atoms with Crippen molar-refractivity contribution >= 4 is 55.7 Å². The van der Waals surface area contributed by atoms with Crippen LogP contribution in [0, 0.1) is 94.7 Å². The van der Waals surface area contributed by atoms with E-state index in [4.69, 9.17) is 0 Å². The van der Waals surface area contributed by atoms with E-state index in [9.17, 15) is 0 Å². The van der Waals surface area contributed by atoms with E-state index < -0.39 is 0 Å². The molecule has 2 nitrogen and oxygen atoms in total. The fraction of sp³-hybridized carbons (Fsp3) is 0.564. The molecule has 20 atom stereocenters. The molecule has 8 aromatic carbocycles. The molecule has 0 aromatic heterocycles. The average Bonchev–Trinajstić information content (AvgIpc) is 1.38. The van der Waals surface area contributed by atoms with E-state index >= 15 is 0 Å². The highest BCUT2D eigenvalue weighted by Gasteiger charge is 2.58. The van der Waals surface area contributed by atoms with Crippen LogP contribution in [-0.2, 0) is 21.7 Å². The molecule has 11 fully saturated rings. The molecule has 11 saturated carbocycles. The van der Waals surface area contributed by atoms with Crippen LogP contribution in [0.4, 0.5) is 34.1 Å². The Morgan fingerprint density at radius 2 is 0.689 bits per heavy atom. The summed E-state index contributed by atoms with van der Waals surface area (Å²) in [6, 6.07) is 62.0. The average molecular weight is 1370 g/mol. The lowest BCUT2D eigenvalue weighted by Crippen LogP contribution is -2.25. The van der Waals surface area contributed by atoms with Gasteiger partial charge in [-0.2, -0.15) is 0 Å². The van der Waals surface area contributed by atoms with Gasteiger partial charge in [-0.3, -0.25) is 0 Å². The SMILES string of the molecule is CC1CC(C(C)c2cc(C3CC4CC3C3CCCC43)cc(N(c3cc(C(C)(C)C)cc(C(C)(C)C)c3)c3c4ccccc4c(N(c4cc(C5CC6CC5C5CCCC65)cc(C5CC6CC5C5CCCC65)c4)c4cc(C(C)(C)C)cc(C(C)(C)C)c4)c4ccc(-c5ccccc5)cc34)c2)C2CCCC12. The Bertz CT molecular complexity index is 4470. The summed E-state index contributed by atoms with van der Waals surface area (Å²) >= 11 is 0. The zero-order valence-electron chi connectivity index (χ0n) is 65.7. The quantitative estimate of drug-likeness (QED) is 0.0889. The summed E-state index contributed by atoms with van der Waals surface area (Å²) in [7, 11) is 0. The lowest BCUT2D eigenvalue weighted by atomic mass is 9.70. The number of rotatable bonds is 12. The van der Waals surface area contributed by atoms with Gasteiger partial charge < -0.3 is 9.80 Å². The summed E-state index contributed by atoms with van der Waals surface area (Å²) in [4.78, 5) is 5.82. The van der Waals surface area contributed by atoms with Crippen molar-refractivity contribution in [2.45, 2.75) is 264 Å². The van der Waals surface area contributed by atoms with Crippen LogP contribution >= 0.6 is 0 Å². The zero-order valence-corrected chi connectivity index (χ0v) is 65.7. The molecule has 11 aliphatic carbocycles. The minimum atomic E-state index is -0.0926. The van der Waals surface area contributed by atoms with Crippen molar-refractivity contribution in [3.63, 3.8) is 0 Å². The van der Waals surface area contributed by atoms with Crippen molar-refractivity contribution in [2.24, 2.45) is 94.7 Å². The van der Waals surface area contributed by atoms with Crippen LogP contribution in [0.2, 0.25) is 0 Å². The van der Waals surface area contributed by atoms with E-state index in [0.29, 0.717) is 29.6 Å². The van der Waals surface area contributed by atoms with Crippen molar-refractivity contribution < 1.29 is 0 Å². The topological polar surface area (TPSA) is 6.48 Å². The molecule has 0 N–H and O–H groups in total. The maximum atomic E-state index is 2.91. The van der Waals surface area contributed by atoms with Gasteiger partial charge >= 0.3 is 0 Å². The summed E-state index contributed by atoms with van der Waals surface area (Å²) in [5.41, 5.74) is 22.4. The number of hydrogen-bond donors (Lipinski definition) is 0. The first-order chi connectivity index (χ1) is 49.4. The van der Waals surface area contributed by atoms with Crippen LogP contribution in [-0.4, -0.2) is 0 Å². The molecule has 103 heavy (non-hydrogen) atoms. The van der Waals surface area contributed by atoms with E-state index in [1.54, 1.807) is 22.3 Å². The molecule has 11 aliphatic rings. The number of anilines is 6. The van der Waals surface area contributed by atoms with E-state index in [-0.39, 0.29) is 21.7 Å². The van der Waals surface area contributed by atoms with Crippen LogP contribution < -0.4 is 9.80 Å². The highest BCUT2D eigenvalue weighted by Crippen LogP contribution is 2.69. The van der Waals surface area contributed by atoms with Crippen LogP contribution in [0.15, 0.2) is 146 Å². The molecule has 0 spiro atoms. The van der Waals surface area contributed by atoms with Gasteiger partial charge in [0.25, 0.3) is 0 Å². The van der Waals surface area contributed by atoms with Gasteiger partial charge in [-0.15, -0.1) is 0 Å². The number of benzene rings is 8. The molecule has 0 radical (unpaired) electrons. The van der Waals surface area contributed by atoms with Crippen LogP contribution in [0.5, 0.6) is 0 Å². The molecule has 0 saturated heterocycles. The van der Waals surface area contributed by atoms with Gasteiger partial charge in [0.2, 0.25) is 0 Å². The first kappa shape index (κ1) is 67.5. The minimum absolute atomic E-state index is 0.0837. The number of nitrogens with zero attached hydrogens (tertiary/aromatic N) is 2. The Morgan fingerprint density at radius 3 is 1.15 bits per heavy atom. The molecule has 2 heteroatoms. The second kappa shape index (κ2) is 24.7. The number of hydrogen-bond acceptors (Lipinski definition) is 2. The molecular formula is C101H124N2. The van der Waals surface area contributed by atoms with Crippen molar-refractivity contribution in [2.75, 3.05) is 9.80 Å². The Kier molecular flexibility index (Phi) is 16.2. The maximum Gasteiger partial charge on any atom is 0.0620 e. The smallest absolute Gasteiger partial charge is 0.0620 e. The normalized spacial score (nSPS) is 32.9. The molecule has 0 amide bonds. The molecule has 0 aliphatic heterocycles. The van der Waals surface area contributed by atoms with Crippen LogP contribution in [0.25, 0.3) is 32.7 Å². The van der Waals surface area contributed by atoms with E-state index in [1.807, 2.05) is 0 Å². The van der Waals surface area contributed by atoms with Gasteiger partial charge in [0, 0.05) is 44.3 Å². The Morgan fingerprint density at radius 1 is 0.311 bits per heavy atom. The van der Waals surface area contributed by atoms with Gasteiger partial charge in [-0.1, -0.05) is 214 Å². The van der Waals surface area contributed by atoms with Gasteiger partial charge in [0.05, 0.1) is 11.4 Å². The third-order valence-electron chi connectivity index (χ3n) is 32.1. The lowest BCUT2D eigenvalue weighted by Gasteiger charge is -2.38. The second-order valence-electron chi connectivity index (χ2n) is 41.5. The molecule has 6 bridgehead atoms. The van der Waals surface area contributed by atoms with Gasteiger partial charge in [-0.25, -0.2) is 0 Å². The summed E-state index contributed by atoms with van der Waals surface area (Å²) in [6.07, 6.45) is 27.1. The van der Waals surface area contributed by atoms with Gasteiger partial charge in [0.15, 0.2) is 0 Å². The molecule has 0 heterocycles. The number of fused-ring (bicyclic) bond motifs is 18. The molecular weight excluding hydrogens is 1240 g/mol. The van der Waals surface area contributed by atoms with E-state index in [1.165, 1.54) is 211 Å². The predicted octanol–water partition coefficient (Wildman–Crippen LogP) is 28.6. The fourth-order valence-corrected chi connectivity index (χ4v) is 27.1. The predicted molar refractivity (Wildman–Crippen MR) is 437 cm³/mol. The highest BCUT2D eigenvalue weighted by molar-refractivity contribution is 6.24. The monoisotopic (exact) mass is 1360 g/mol. The summed E-state index contributed by atoms with van der Waals surface area (Å²) < 4.78 is 0. The molecule has 19 rings (SSSR count).